The van der Waals surface area contributed by atoms with Crippen LogP contribution < -0.4 is 4.74 Å². The van der Waals surface area contributed by atoms with Gasteiger partial charge in [0.2, 0.25) is 0 Å². The van der Waals surface area contributed by atoms with Gasteiger partial charge in [-0.25, -0.2) is 4.98 Å². The summed E-state index contributed by atoms with van der Waals surface area (Å²) in [4.78, 5) is 7.99. The van der Waals surface area contributed by atoms with E-state index in [1.165, 1.54) is 6.08 Å². The first kappa shape index (κ1) is 16.5. The highest BCUT2D eigenvalue weighted by molar-refractivity contribution is 7.83. The molecule has 1 N–H and O–H groups in total. The number of allylic oxidation sites excluding steroid dienone is 4. The van der Waals surface area contributed by atoms with Crippen molar-refractivity contribution in [1.82, 2.24) is 9.97 Å². The van der Waals surface area contributed by atoms with Crippen LogP contribution >= 0.6 is 0 Å². The highest BCUT2D eigenvalue weighted by atomic mass is 32.2. The molecule has 4 rings (SSSR count). The van der Waals surface area contributed by atoms with Crippen molar-refractivity contribution in [1.29, 1.82) is 0 Å². The van der Waals surface area contributed by atoms with Gasteiger partial charge in [-0.05, 0) is 65.6 Å². The molecule has 0 spiro atoms. The molecule has 1 aliphatic rings. The molecule has 1 unspecified atom stereocenters. The Morgan fingerprint density at radius 3 is 2.96 bits per heavy atom. The Morgan fingerprint density at radius 1 is 1.35 bits per heavy atom. The van der Waals surface area contributed by atoms with Gasteiger partial charge in [0, 0.05) is 27.4 Å². The van der Waals surface area contributed by atoms with Crippen molar-refractivity contribution in [2.24, 2.45) is 0 Å². The first-order chi connectivity index (χ1) is 12.6. The fourth-order valence-electron chi connectivity index (χ4n) is 3.12. The van der Waals surface area contributed by atoms with E-state index in [0.29, 0.717) is 0 Å². The zero-order valence-corrected chi connectivity index (χ0v) is 15.0. The minimum atomic E-state index is -2.29. The van der Waals surface area contributed by atoms with Crippen molar-refractivity contribution < 1.29 is 13.5 Å². The summed E-state index contributed by atoms with van der Waals surface area (Å²) in [5.41, 5.74) is 7.50. The number of aromatic nitrogens is 2. The van der Waals surface area contributed by atoms with Crippen LogP contribution in [0.25, 0.3) is 27.5 Å². The summed E-state index contributed by atoms with van der Waals surface area (Å²) in [5.74, 6) is 0.723. The van der Waals surface area contributed by atoms with Crippen LogP contribution in [0, 0.1) is 6.92 Å². The molecule has 3 aromatic rings. The second-order valence-electron chi connectivity index (χ2n) is 5.96. The average Bonchev–Trinajstić information content (AvgIpc) is 2.83. The van der Waals surface area contributed by atoms with E-state index >= 15 is 0 Å². The Hall–Kier alpha value is -2.92. The number of pyridine rings is 1. The summed E-state index contributed by atoms with van der Waals surface area (Å²) in [6.07, 6.45) is 8.40. The van der Waals surface area contributed by atoms with Gasteiger partial charge in [0.15, 0.2) is 0 Å². The summed E-state index contributed by atoms with van der Waals surface area (Å²) in [5, 5.41) is 1.96. The predicted molar refractivity (Wildman–Crippen MR) is 103 cm³/mol. The van der Waals surface area contributed by atoms with Gasteiger partial charge in [-0.1, -0.05) is 6.08 Å². The molecule has 0 fully saturated rings. The fourth-order valence-corrected chi connectivity index (χ4v) is 3.46. The molecule has 1 aromatic carbocycles. The van der Waals surface area contributed by atoms with Gasteiger partial charge in [-0.2, -0.15) is 0 Å². The Morgan fingerprint density at radius 2 is 2.19 bits per heavy atom. The summed E-state index contributed by atoms with van der Waals surface area (Å²) in [6.45, 7) is 2.00. The highest BCUT2D eigenvalue weighted by Gasteiger charge is 2.16. The molecule has 5 nitrogen and oxygen atoms in total. The lowest BCUT2D eigenvalue weighted by molar-refractivity contribution is 0.419. The Balaban J connectivity index is 2.05. The lowest BCUT2D eigenvalue weighted by atomic mass is 9.99. The maximum absolute atomic E-state index is 11.2. The van der Waals surface area contributed by atoms with E-state index < -0.39 is 11.1 Å². The van der Waals surface area contributed by atoms with E-state index in [1.54, 1.807) is 19.3 Å². The van der Waals surface area contributed by atoms with E-state index in [4.69, 9.17) is 4.74 Å². The molecule has 0 aliphatic heterocycles. The van der Waals surface area contributed by atoms with E-state index in [9.17, 15) is 8.76 Å². The minimum absolute atomic E-state index is 0.192. The van der Waals surface area contributed by atoms with Crippen LogP contribution in [0.3, 0.4) is 0 Å². The molecular formula is C20H15N2O3S-. The largest absolute Gasteiger partial charge is 0.768 e. The maximum atomic E-state index is 11.2. The quantitative estimate of drug-likeness (QED) is 0.565. The number of benzene rings is 1. The van der Waals surface area contributed by atoms with E-state index in [-0.39, 0.29) is 4.91 Å². The van der Waals surface area contributed by atoms with Crippen LogP contribution in [-0.2, 0) is 11.1 Å². The second kappa shape index (κ2) is 6.42. The molecular weight excluding hydrogens is 348 g/mol. The van der Waals surface area contributed by atoms with Gasteiger partial charge in [-0.3, -0.25) is 4.21 Å². The number of hydrogen-bond acceptors (Lipinski definition) is 4. The number of H-pyrrole nitrogens is 1. The smallest absolute Gasteiger partial charge is 0.143 e. The number of methoxy groups -OCH3 is 1. The molecule has 1 atom stereocenters. The van der Waals surface area contributed by atoms with Crippen LogP contribution in [0.5, 0.6) is 5.75 Å². The van der Waals surface area contributed by atoms with Gasteiger partial charge < -0.3 is 14.3 Å². The van der Waals surface area contributed by atoms with Crippen molar-refractivity contribution in [2.75, 3.05) is 7.11 Å². The molecule has 0 saturated heterocycles. The molecule has 6 heteroatoms. The van der Waals surface area contributed by atoms with Crippen LogP contribution in [0.1, 0.15) is 11.1 Å². The second-order valence-corrected chi connectivity index (χ2v) is 6.91. The first-order valence-corrected chi connectivity index (χ1v) is 9.05. The SMILES string of the molecule is COc1ccc(C2=C=CC(S(=O)[O-])=CC=C2)c2c1[nH]c1ncc(C)cc12. The third kappa shape index (κ3) is 2.70. The molecule has 26 heavy (non-hydrogen) atoms. The minimum Gasteiger partial charge on any atom is -0.768 e. The predicted octanol–water partition coefficient (Wildman–Crippen LogP) is 3.90. The highest BCUT2D eigenvalue weighted by Crippen LogP contribution is 2.37. The summed E-state index contributed by atoms with van der Waals surface area (Å²) in [7, 11) is 1.63. The molecule has 2 aromatic heterocycles. The van der Waals surface area contributed by atoms with Crippen LogP contribution in [0.2, 0.25) is 0 Å². The monoisotopic (exact) mass is 363 g/mol. The standard InChI is InChI=1S/C20H16N2O3S/c1-12-10-16-18-15(13-4-3-5-14(7-6-13)26(23)24)8-9-17(25-2)19(18)22-20(16)21-11-12/h3-5,7-11H,1-2H3,(H,21,22)(H,23,24)/p-1. The zero-order chi connectivity index (χ0) is 18.3. The van der Waals surface area contributed by atoms with Gasteiger partial charge in [-0.15, -0.1) is 5.73 Å². The molecule has 0 radical (unpaired) electrons. The van der Waals surface area contributed by atoms with Crippen molar-refractivity contribution in [3.8, 4) is 5.75 Å². The van der Waals surface area contributed by atoms with Crippen molar-refractivity contribution in [3.05, 3.63) is 70.5 Å². The molecule has 1 aliphatic carbocycles. The van der Waals surface area contributed by atoms with E-state index in [1.807, 2.05) is 31.3 Å². The zero-order valence-electron chi connectivity index (χ0n) is 14.2. The number of rotatable bonds is 3. The molecule has 130 valence electrons. The van der Waals surface area contributed by atoms with Crippen LogP contribution in [0.4, 0.5) is 0 Å². The summed E-state index contributed by atoms with van der Waals surface area (Å²) < 4.78 is 27.9. The summed E-state index contributed by atoms with van der Waals surface area (Å²) >= 11 is -2.29. The molecule has 0 saturated carbocycles. The normalized spacial score (nSPS) is 15.0. The lowest BCUT2D eigenvalue weighted by Gasteiger charge is -2.07. The molecule has 2 heterocycles. The van der Waals surface area contributed by atoms with Gasteiger partial charge >= 0.3 is 0 Å². The van der Waals surface area contributed by atoms with E-state index in [2.05, 4.69) is 21.8 Å². The third-order valence-corrected chi connectivity index (χ3v) is 4.94. The average molecular weight is 363 g/mol. The van der Waals surface area contributed by atoms with Crippen molar-refractivity contribution in [2.45, 2.75) is 6.92 Å². The molecule has 0 bridgehead atoms. The number of ether oxygens (including phenoxy) is 1. The van der Waals surface area contributed by atoms with E-state index in [0.717, 1.165) is 44.4 Å². The Kier molecular flexibility index (Phi) is 4.09. The first-order valence-electron chi connectivity index (χ1n) is 7.98. The number of aromatic amines is 1. The lowest BCUT2D eigenvalue weighted by Crippen LogP contribution is -1.88. The van der Waals surface area contributed by atoms with Gasteiger partial charge in [0.05, 0.1) is 12.6 Å². The number of aryl methyl sites for hydroxylation is 1. The third-order valence-electron chi connectivity index (χ3n) is 4.30. The number of nitrogens with one attached hydrogen (secondary N) is 1. The van der Waals surface area contributed by atoms with Gasteiger partial charge in [0.1, 0.15) is 11.4 Å². The van der Waals surface area contributed by atoms with Crippen molar-refractivity contribution >= 4 is 38.6 Å². The number of hydrogen-bond donors (Lipinski definition) is 1. The summed E-state index contributed by atoms with van der Waals surface area (Å²) in [6, 6.07) is 5.91. The van der Waals surface area contributed by atoms with Gasteiger partial charge in [0.25, 0.3) is 0 Å². The van der Waals surface area contributed by atoms with Crippen molar-refractivity contribution in [3.63, 3.8) is 0 Å². The Labute approximate surface area is 152 Å². The number of nitrogens with zero attached hydrogens (tertiary/aromatic N) is 1. The maximum Gasteiger partial charge on any atom is 0.143 e. The van der Waals surface area contributed by atoms with Crippen LogP contribution in [-0.4, -0.2) is 25.8 Å². The number of fused-ring (bicyclic) bond motifs is 3. The fraction of sp³-hybridized carbons (Fsp3) is 0.100. The topological polar surface area (TPSA) is 78.0 Å². The van der Waals surface area contributed by atoms with Crippen LogP contribution in [0.15, 0.2) is 59.3 Å². The Bertz CT molecular complexity index is 1190. The molecule has 0 amide bonds.